The maximum absolute atomic E-state index is 13.2. The number of benzene rings is 2. The molecule has 1 fully saturated rings. The van der Waals surface area contributed by atoms with Gasteiger partial charge >= 0.3 is 0 Å². The summed E-state index contributed by atoms with van der Waals surface area (Å²) in [6.07, 6.45) is 4.85. The van der Waals surface area contributed by atoms with Crippen molar-refractivity contribution in [1.29, 1.82) is 0 Å². The molecule has 1 aliphatic heterocycles. The molecule has 5 rings (SSSR count). The molecule has 1 atom stereocenters. The third kappa shape index (κ3) is 4.71. The summed E-state index contributed by atoms with van der Waals surface area (Å²) >= 11 is 0. The van der Waals surface area contributed by atoms with Crippen LogP contribution in [0.4, 0.5) is 0 Å². The highest BCUT2D eigenvalue weighted by molar-refractivity contribution is 5.86. The van der Waals surface area contributed by atoms with E-state index in [0.29, 0.717) is 18.9 Å². The van der Waals surface area contributed by atoms with Crippen molar-refractivity contribution >= 4 is 27.8 Å². The molecule has 1 saturated heterocycles. The van der Waals surface area contributed by atoms with Crippen LogP contribution in [0.1, 0.15) is 24.2 Å². The Hall–Kier alpha value is -3.09. The predicted octanol–water partition coefficient (Wildman–Crippen LogP) is 3.73. The Balaban J connectivity index is 1.30. The molecule has 4 aromatic rings. The molecule has 1 aliphatic rings. The normalized spacial score (nSPS) is 15.9. The van der Waals surface area contributed by atoms with E-state index in [0.717, 1.165) is 65.7 Å². The number of aromatic amines is 1. The van der Waals surface area contributed by atoms with Crippen LogP contribution in [0.2, 0.25) is 0 Å². The van der Waals surface area contributed by atoms with Gasteiger partial charge in [0.2, 0.25) is 5.91 Å². The summed E-state index contributed by atoms with van der Waals surface area (Å²) in [4.78, 5) is 16.5. The number of aromatic nitrogens is 1. The van der Waals surface area contributed by atoms with Crippen LogP contribution in [0.25, 0.3) is 21.9 Å². The van der Waals surface area contributed by atoms with E-state index in [2.05, 4.69) is 33.1 Å². The van der Waals surface area contributed by atoms with Gasteiger partial charge in [-0.25, -0.2) is 0 Å². The molecule has 2 aromatic carbocycles. The van der Waals surface area contributed by atoms with Gasteiger partial charge in [0.1, 0.15) is 11.3 Å². The first kappa shape index (κ1) is 20.8. The molecular weight excluding hydrogens is 400 g/mol. The molecule has 6 nitrogen and oxygen atoms in total. The lowest BCUT2D eigenvalue weighted by atomic mass is 9.98. The Labute approximate surface area is 187 Å². The number of carbonyl (C=O) groups is 1. The molecule has 3 heterocycles. The highest BCUT2D eigenvalue weighted by Gasteiger charge is 2.22. The number of hydrogen-bond acceptors (Lipinski definition) is 4. The molecule has 1 amide bonds. The number of hydrogen-bond donors (Lipinski definition) is 4. The molecule has 32 heavy (non-hydrogen) atoms. The average Bonchev–Trinajstić information content (AvgIpc) is 3.44. The minimum absolute atomic E-state index is 0.0462. The van der Waals surface area contributed by atoms with Crippen LogP contribution in [0.15, 0.2) is 65.2 Å². The fourth-order valence-corrected chi connectivity index (χ4v) is 4.58. The van der Waals surface area contributed by atoms with Gasteiger partial charge in [0.05, 0.1) is 12.6 Å². The third-order valence-corrected chi connectivity index (χ3v) is 6.44. The van der Waals surface area contributed by atoms with E-state index in [1.165, 1.54) is 0 Å². The molecule has 4 N–H and O–H groups in total. The molecule has 0 saturated carbocycles. The topological polar surface area (TPSA) is 82.1 Å². The van der Waals surface area contributed by atoms with Gasteiger partial charge in [-0.1, -0.05) is 36.4 Å². The van der Waals surface area contributed by atoms with Gasteiger partial charge < -0.3 is 20.0 Å². The lowest BCUT2D eigenvalue weighted by molar-refractivity contribution is -0.123. The Morgan fingerprint density at radius 1 is 1.09 bits per heavy atom. The molecule has 0 spiro atoms. The Morgan fingerprint density at radius 3 is 2.78 bits per heavy atom. The number of rotatable bonds is 8. The van der Waals surface area contributed by atoms with E-state index < -0.39 is 0 Å². The van der Waals surface area contributed by atoms with Crippen LogP contribution in [0.3, 0.4) is 0 Å². The SMILES string of the molecule is O=C(NCC1CCNCC1)C(Cc1c[nH]c2ccccc12)NCc1cc2ccccc2o1. The van der Waals surface area contributed by atoms with Crippen molar-refractivity contribution in [2.75, 3.05) is 19.6 Å². The first-order valence-corrected chi connectivity index (χ1v) is 11.5. The summed E-state index contributed by atoms with van der Waals surface area (Å²) in [6.45, 7) is 3.30. The second-order valence-electron chi connectivity index (χ2n) is 8.69. The smallest absolute Gasteiger partial charge is 0.237 e. The number of piperidine rings is 1. The third-order valence-electron chi connectivity index (χ3n) is 6.44. The minimum Gasteiger partial charge on any atom is -0.460 e. The summed E-state index contributed by atoms with van der Waals surface area (Å²) in [5, 5.41) is 12.3. The van der Waals surface area contributed by atoms with Gasteiger partial charge in [-0.05, 0) is 62.0 Å². The van der Waals surface area contributed by atoms with Gasteiger partial charge in [0.15, 0.2) is 0 Å². The Bertz CT molecular complexity index is 1160. The van der Waals surface area contributed by atoms with E-state index in [-0.39, 0.29) is 11.9 Å². The Kier molecular flexibility index (Phi) is 6.23. The van der Waals surface area contributed by atoms with E-state index >= 15 is 0 Å². The number of fused-ring (bicyclic) bond motifs is 2. The van der Waals surface area contributed by atoms with Crippen LogP contribution in [-0.2, 0) is 17.8 Å². The van der Waals surface area contributed by atoms with Gasteiger partial charge in [-0.15, -0.1) is 0 Å². The van der Waals surface area contributed by atoms with Gasteiger partial charge in [0.25, 0.3) is 0 Å². The van der Waals surface area contributed by atoms with Crippen molar-refractivity contribution in [3.8, 4) is 0 Å². The largest absolute Gasteiger partial charge is 0.460 e. The van der Waals surface area contributed by atoms with E-state index in [1.54, 1.807) is 0 Å². The van der Waals surface area contributed by atoms with Crippen LogP contribution >= 0.6 is 0 Å². The molecule has 0 bridgehead atoms. The van der Waals surface area contributed by atoms with Crippen molar-refractivity contribution in [1.82, 2.24) is 20.9 Å². The summed E-state index contributed by atoms with van der Waals surface area (Å²) in [6, 6.07) is 17.9. The fourth-order valence-electron chi connectivity index (χ4n) is 4.58. The zero-order valence-corrected chi connectivity index (χ0v) is 18.2. The van der Waals surface area contributed by atoms with E-state index in [4.69, 9.17) is 4.42 Å². The first-order chi connectivity index (χ1) is 15.8. The van der Waals surface area contributed by atoms with Crippen LogP contribution in [-0.4, -0.2) is 36.6 Å². The van der Waals surface area contributed by atoms with Crippen molar-refractivity contribution in [2.24, 2.45) is 5.92 Å². The molecule has 0 aliphatic carbocycles. The molecule has 6 heteroatoms. The minimum atomic E-state index is -0.343. The second kappa shape index (κ2) is 9.59. The number of nitrogens with one attached hydrogen (secondary N) is 4. The van der Waals surface area contributed by atoms with Crippen LogP contribution in [0, 0.1) is 5.92 Å². The fraction of sp³-hybridized carbons (Fsp3) is 0.346. The van der Waals surface area contributed by atoms with Crippen molar-refractivity contribution in [2.45, 2.75) is 31.8 Å². The Morgan fingerprint density at radius 2 is 1.91 bits per heavy atom. The van der Waals surface area contributed by atoms with Crippen LogP contribution < -0.4 is 16.0 Å². The molecule has 1 unspecified atom stereocenters. The summed E-state index contributed by atoms with van der Waals surface area (Å²) < 4.78 is 5.95. The average molecular weight is 431 g/mol. The van der Waals surface area contributed by atoms with Crippen molar-refractivity contribution < 1.29 is 9.21 Å². The summed E-state index contributed by atoms with van der Waals surface area (Å²) in [7, 11) is 0. The van der Waals surface area contributed by atoms with Crippen molar-refractivity contribution in [3.05, 3.63) is 72.1 Å². The summed E-state index contributed by atoms with van der Waals surface area (Å²) in [5.74, 6) is 1.43. The zero-order chi connectivity index (χ0) is 21.8. The number of furan rings is 1. The molecule has 2 aromatic heterocycles. The maximum Gasteiger partial charge on any atom is 0.237 e. The first-order valence-electron chi connectivity index (χ1n) is 11.5. The van der Waals surface area contributed by atoms with E-state index in [9.17, 15) is 4.79 Å². The maximum atomic E-state index is 13.2. The predicted molar refractivity (Wildman–Crippen MR) is 127 cm³/mol. The highest BCUT2D eigenvalue weighted by atomic mass is 16.3. The number of carbonyl (C=O) groups excluding carboxylic acids is 1. The molecular formula is C26H30N4O2. The lowest BCUT2D eigenvalue weighted by Gasteiger charge is -2.24. The number of H-pyrrole nitrogens is 1. The molecule has 166 valence electrons. The lowest BCUT2D eigenvalue weighted by Crippen LogP contribution is -2.47. The van der Waals surface area contributed by atoms with Crippen molar-refractivity contribution in [3.63, 3.8) is 0 Å². The van der Waals surface area contributed by atoms with Gasteiger partial charge in [-0.3, -0.25) is 10.1 Å². The van der Waals surface area contributed by atoms with Crippen LogP contribution in [0.5, 0.6) is 0 Å². The van der Waals surface area contributed by atoms with Gasteiger partial charge in [-0.2, -0.15) is 0 Å². The van der Waals surface area contributed by atoms with E-state index in [1.807, 2.05) is 48.7 Å². The monoisotopic (exact) mass is 430 g/mol. The van der Waals surface area contributed by atoms with Gasteiger partial charge in [0, 0.05) is 29.0 Å². The quantitative estimate of drug-likeness (QED) is 0.343. The number of para-hydroxylation sites is 2. The molecule has 0 radical (unpaired) electrons. The zero-order valence-electron chi connectivity index (χ0n) is 18.2. The standard InChI is InChI=1S/C26H30N4O2/c31-26(30-15-18-9-11-27-12-10-18)24(14-20-16-28-23-7-3-2-6-22(20)23)29-17-21-13-19-5-1-4-8-25(19)32-21/h1-8,13,16,18,24,27-29H,9-12,14-15,17H2,(H,30,31). The number of amides is 1. The highest BCUT2D eigenvalue weighted by Crippen LogP contribution is 2.21. The second-order valence-corrected chi connectivity index (χ2v) is 8.69. The summed E-state index contributed by atoms with van der Waals surface area (Å²) in [5.41, 5.74) is 3.10.